The van der Waals surface area contributed by atoms with E-state index in [2.05, 4.69) is 6.92 Å². The minimum atomic E-state index is -0.417. The van der Waals surface area contributed by atoms with Crippen LogP contribution in [0.5, 0.6) is 0 Å². The Balaban J connectivity index is 0. The first-order valence-corrected chi connectivity index (χ1v) is 1.07. The molecule has 0 saturated heterocycles. The average molecular weight is 238 g/mol. The maximum Gasteiger partial charge on any atom is 0.0466 e. The predicted octanol–water partition coefficient (Wildman–Crippen LogP) is -0.729. The van der Waals surface area contributed by atoms with Crippen LogP contribution in [-0.4, -0.2) is 13.8 Å². The van der Waals surface area contributed by atoms with Gasteiger partial charge in [-0.1, -0.05) is 0 Å². The van der Waals surface area contributed by atoms with Crippen LogP contribution in [-0.2, 0) is 21.1 Å². The summed E-state index contributed by atoms with van der Waals surface area (Å²) in [6, 6.07) is 0. The van der Waals surface area contributed by atoms with Crippen molar-refractivity contribution in [1.82, 2.24) is 0 Å². The maximum atomic E-state index is 4.78. The van der Waals surface area contributed by atoms with Crippen molar-refractivity contribution >= 4 is 7.85 Å². The molecule has 3 heteroatoms. The van der Waals surface area contributed by atoms with Gasteiger partial charge in [0.15, 0.2) is 0 Å². The van der Waals surface area contributed by atoms with Gasteiger partial charge in [0.1, 0.15) is 0 Å². The zero-order valence-corrected chi connectivity index (χ0v) is 5.78. The van der Waals surface area contributed by atoms with Gasteiger partial charge >= 0.3 is 0 Å². The molecular formula is C2H5BNW-. The fourth-order valence-electron chi connectivity index (χ4n) is 0. The van der Waals surface area contributed by atoms with E-state index in [1.165, 1.54) is 0 Å². The minimum absolute atomic E-state index is 0. The number of nitrogens with two attached hydrogens (primary N) is 1. The first kappa shape index (κ1) is 9.20. The van der Waals surface area contributed by atoms with E-state index in [9.17, 15) is 0 Å². The summed E-state index contributed by atoms with van der Waals surface area (Å²) >= 11 is 0. The molecule has 1 unspecified atom stereocenters. The Bertz CT molecular complexity index is 14.4. The molecule has 0 rings (SSSR count). The first-order valence-electron chi connectivity index (χ1n) is 1.07. The van der Waals surface area contributed by atoms with Gasteiger partial charge in [-0.15, -0.1) is 0 Å². The second-order valence-corrected chi connectivity index (χ2v) is 0.664. The van der Waals surface area contributed by atoms with Crippen LogP contribution in [0.25, 0.3) is 0 Å². The molecular weight excluding hydrogens is 233 g/mol. The summed E-state index contributed by atoms with van der Waals surface area (Å²) in [4.78, 5) is 0. The molecule has 2 radical (unpaired) electrons. The van der Waals surface area contributed by atoms with Crippen molar-refractivity contribution in [3.05, 3.63) is 6.92 Å². The second kappa shape index (κ2) is 4.71. The van der Waals surface area contributed by atoms with Crippen LogP contribution in [0.4, 0.5) is 0 Å². The number of hydrogen-bond acceptors (Lipinski definition) is 1. The zero-order chi connectivity index (χ0) is 3.58. The van der Waals surface area contributed by atoms with Gasteiger partial charge in [0.2, 0.25) is 0 Å². The van der Waals surface area contributed by atoms with Crippen molar-refractivity contribution in [3.63, 3.8) is 0 Å². The van der Waals surface area contributed by atoms with E-state index in [4.69, 9.17) is 13.6 Å². The van der Waals surface area contributed by atoms with Crippen molar-refractivity contribution in [2.24, 2.45) is 5.73 Å². The van der Waals surface area contributed by atoms with E-state index in [0.717, 1.165) is 0 Å². The summed E-state index contributed by atoms with van der Waals surface area (Å²) in [7, 11) is 4.78. The third-order valence-electron chi connectivity index (χ3n) is 0. The molecule has 0 aromatic rings. The van der Waals surface area contributed by atoms with Crippen molar-refractivity contribution in [3.8, 4) is 0 Å². The van der Waals surface area contributed by atoms with Crippen LogP contribution in [0.2, 0.25) is 0 Å². The van der Waals surface area contributed by atoms with E-state index >= 15 is 0 Å². The van der Waals surface area contributed by atoms with Crippen molar-refractivity contribution in [2.75, 3.05) is 0 Å². The van der Waals surface area contributed by atoms with Crippen LogP contribution < -0.4 is 5.73 Å². The average Bonchev–Trinajstić information content (AvgIpc) is 0.811. The van der Waals surface area contributed by atoms with Crippen LogP contribution in [0.3, 0.4) is 0 Å². The molecule has 1 atom stereocenters. The quantitative estimate of drug-likeness (QED) is 0.437. The minimum Gasteiger partial charge on any atom is -0.365 e. The molecule has 0 aliphatic heterocycles. The van der Waals surface area contributed by atoms with E-state index < -0.39 is 5.94 Å². The van der Waals surface area contributed by atoms with Gasteiger partial charge in [-0.2, -0.15) is 5.94 Å². The third kappa shape index (κ3) is 68.2. The molecule has 0 spiro atoms. The number of hydrogen-bond donors (Lipinski definition) is 1. The topological polar surface area (TPSA) is 26.0 Å². The molecule has 0 saturated carbocycles. The van der Waals surface area contributed by atoms with E-state index in [-0.39, 0.29) is 21.1 Å². The second-order valence-electron chi connectivity index (χ2n) is 0.664. The van der Waals surface area contributed by atoms with Gasteiger partial charge in [-0.25, -0.2) is 0 Å². The summed E-state index contributed by atoms with van der Waals surface area (Å²) in [6.07, 6.45) is 0. The molecule has 0 aliphatic carbocycles. The fraction of sp³-hybridized carbons (Fsp3) is 0.500. The van der Waals surface area contributed by atoms with Gasteiger partial charge in [-0.05, 0) is 0 Å². The summed E-state index contributed by atoms with van der Waals surface area (Å²) in [5.74, 6) is -0.417. The molecule has 1 nitrogen and oxygen atoms in total. The molecule has 0 fully saturated rings. The van der Waals surface area contributed by atoms with E-state index in [1.54, 1.807) is 0 Å². The molecule has 5 heavy (non-hydrogen) atoms. The van der Waals surface area contributed by atoms with Crippen LogP contribution in [0.15, 0.2) is 0 Å². The molecule has 2 N–H and O–H groups in total. The normalized spacial score (nSPS) is 12.4. The molecule has 0 aliphatic rings. The largest absolute Gasteiger partial charge is 0.365 e. The van der Waals surface area contributed by atoms with Crippen LogP contribution in [0.1, 0.15) is 0 Å². The van der Waals surface area contributed by atoms with Crippen LogP contribution in [0, 0.1) is 6.92 Å². The Labute approximate surface area is 48.0 Å². The Hall–Kier alpha value is 0.713. The molecule has 28 valence electrons. The van der Waals surface area contributed by atoms with Crippen molar-refractivity contribution < 1.29 is 21.1 Å². The van der Waals surface area contributed by atoms with Crippen molar-refractivity contribution in [2.45, 2.75) is 5.94 Å². The third-order valence-corrected chi connectivity index (χ3v) is 0. The Morgan fingerprint density at radius 2 is 1.80 bits per heavy atom. The molecule has 0 heterocycles. The van der Waals surface area contributed by atoms with Gasteiger partial charge in [0.25, 0.3) is 0 Å². The molecule has 0 bridgehead atoms. The summed E-state index contributed by atoms with van der Waals surface area (Å²) in [6.45, 7) is 3.19. The van der Waals surface area contributed by atoms with Crippen LogP contribution >= 0.6 is 0 Å². The Kier molecular flexibility index (Phi) is 8.68. The smallest absolute Gasteiger partial charge is 0.0466 e. The summed E-state index contributed by atoms with van der Waals surface area (Å²) in [5, 5.41) is 0. The predicted molar refractivity (Wildman–Crippen MR) is 19.1 cm³/mol. The molecule has 0 aromatic heterocycles. The Morgan fingerprint density at radius 1 is 1.80 bits per heavy atom. The van der Waals surface area contributed by atoms with Gasteiger partial charge < -0.3 is 12.7 Å². The maximum absolute atomic E-state index is 4.78. The summed E-state index contributed by atoms with van der Waals surface area (Å²) < 4.78 is 0. The Morgan fingerprint density at radius 3 is 1.80 bits per heavy atom. The van der Waals surface area contributed by atoms with Gasteiger partial charge in [0, 0.05) is 28.9 Å². The SMILES string of the molecule is [B]C([CH2-])N.[W]. The van der Waals surface area contributed by atoms with Gasteiger partial charge in [-0.3, -0.25) is 0 Å². The van der Waals surface area contributed by atoms with E-state index in [1.807, 2.05) is 0 Å². The van der Waals surface area contributed by atoms with Crippen molar-refractivity contribution in [1.29, 1.82) is 0 Å². The fourth-order valence-corrected chi connectivity index (χ4v) is 0. The zero-order valence-electron chi connectivity index (χ0n) is 2.85. The summed E-state index contributed by atoms with van der Waals surface area (Å²) in [5.41, 5.74) is 4.78. The standard InChI is InChI=1S/C2H5BN.W/c1-2(3)4;/h2H,1,4H2;/q-1;. The van der Waals surface area contributed by atoms with E-state index in [0.29, 0.717) is 0 Å². The monoisotopic (exact) mass is 238 g/mol. The molecule has 0 aromatic carbocycles. The molecule has 0 amide bonds. The van der Waals surface area contributed by atoms with Gasteiger partial charge in [0.05, 0.1) is 0 Å². The first-order chi connectivity index (χ1) is 1.73. The number of rotatable bonds is 0.